The maximum Gasteiger partial charge on any atom is 0.397 e. The maximum atomic E-state index is 12.1. The first-order valence-electron chi connectivity index (χ1n) is 7.72. The third-order valence-electron chi connectivity index (χ3n) is 3.49. The summed E-state index contributed by atoms with van der Waals surface area (Å²) in [5, 5.41) is 7.57. The number of benzene rings is 2. The lowest BCUT2D eigenvalue weighted by Crippen LogP contribution is -2.15. The number of sulfone groups is 1. The number of hydrogen-bond acceptors (Lipinski definition) is 11. The van der Waals surface area contributed by atoms with Gasteiger partial charge in [0.2, 0.25) is 0 Å². The first-order valence-corrected chi connectivity index (χ1v) is 12.2. The Morgan fingerprint density at radius 1 is 0.867 bits per heavy atom. The third kappa shape index (κ3) is 6.44. The van der Waals surface area contributed by atoms with Crippen LogP contribution >= 0.6 is 0 Å². The Labute approximate surface area is 172 Å². The van der Waals surface area contributed by atoms with Crippen molar-refractivity contribution in [3.8, 4) is 0 Å². The van der Waals surface area contributed by atoms with E-state index in [9.17, 15) is 25.3 Å². The van der Waals surface area contributed by atoms with Gasteiger partial charge in [0.15, 0.2) is 9.84 Å². The number of azo groups is 1. The maximum absolute atomic E-state index is 12.1. The van der Waals surface area contributed by atoms with Gasteiger partial charge in [-0.15, -0.1) is 5.11 Å². The zero-order valence-electron chi connectivity index (χ0n) is 14.9. The van der Waals surface area contributed by atoms with E-state index in [0.717, 1.165) is 12.1 Å². The van der Waals surface area contributed by atoms with Gasteiger partial charge < -0.3 is 11.5 Å². The largest absolute Gasteiger partial charge is 0.398 e. The summed E-state index contributed by atoms with van der Waals surface area (Å²) in [5.74, 6) is -0.700. The molecule has 0 aromatic heterocycles. The number of rotatable bonds is 8. The number of nitrogens with two attached hydrogens (primary N) is 2. The van der Waals surface area contributed by atoms with Crippen LogP contribution in [0.1, 0.15) is 0 Å². The summed E-state index contributed by atoms with van der Waals surface area (Å²) in [4.78, 5) is -0.764. The number of hydrogen-bond donors (Lipinski definition) is 4. The van der Waals surface area contributed by atoms with Crippen LogP contribution in [0.2, 0.25) is 0 Å². The summed E-state index contributed by atoms with van der Waals surface area (Å²) in [7, 11) is -13.3. The molecule has 0 heterocycles. The van der Waals surface area contributed by atoms with Crippen LogP contribution in [0.4, 0.5) is 22.7 Å². The van der Waals surface area contributed by atoms with E-state index in [-0.39, 0.29) is 27.6 Å². The zero-order valence-corrected chi connectivity index (χ0v) is 17.4. The highest BCUT2D eigenvalue weighted by Gasteiger charge is 2.18. The molecule has 0 radical (unpaired) electrons. The van der Waals surface area contributed by atoms with Gasteiger partial charge in [-0.2, -0.15) is 21.9 Å². The van der Waals surface area contributed by atoms with E-state index in [1.54, 1.807) is 0 Å². The summed E-state index contributed by atoms with van der Waals surface area (Å²) < 4.78 is 89.3. The lowest BCUT2D eigenvalue weighted by molar-refractivity contribution is 0.284. The van der Waals surface area contributed by atoms with E-state index < -0.39 is 47.6 Å². The van der Waals surface area contributed by atoms with Crippen molar-refractivity contribution in [3.63, 3.8) is 0 Å². The minimum atomic E-state index is -4.75. The highest BCUT2D eigenvalue weighted by molar-refractivity contribution is 7.91. The molecule has 2 aromatic rings. The van der Waals surface area contributed by atoms with E-state index in [4.69, 9.17) is 20.6 Å². The molecule has 30 heavy (non-hydrogen) atoms. The van der Waals surface area contributed by atoms with E-state index >= 15 is 0 Å². The summed E-state index contributed by atoms with van der Waals surface area (Å²) in [6.07, 6.45) is 0. The predicted octanol–water partition coefficient (Wildman–Crippen LogP) is 1.11. The third-order valence-corrected chi connectivity index (χ3v) is 6.56. The summed E-state index contributed by atoms with van der Waals surface area (Å²) in [6.45, 7) is -0.769. The molecule has 13 nitrogen and oxygen atoms in total. The van der Waals surface area contributed by atoms with Crippen LogP contribution in [0.5, 0.6) is 0 Å². The van der Waals surface area contributed by atoms with Gasteiger partial charge in [0.1, 0.15) is 10.6 Å². The molecule has 0 aliphatic carbocycles. The normalized spacial score (nSPS) is 13.0. The first-order chi connectivity index (χ1) is 13.7. The molecule has 2 aromatic carbocycles. The second kappa shape index (κ2) is 8.62. The number of anilines is 2. The zero-order chi connectivity index (χ0) is 22.7. The van der Waals surface area contributed by atoms with Crippen molar-refractivity contribution < 1.29 is 38.5 Å². The van der Waals surface area contributed by atoms with Crippen molar-refractivity contribution in [2.45, 2.75) is 9.79 Å². The van der Waals surface area contributed by atoms with Crippen LogP contribution < -0.4 is 11.5 Å². The summed E-state index contributed by atoms with van der Waals surface area (Å²) >= 11 is 0. The highest BCUT2D eigenvalue weighted by atomic mass is 32.3. The second-order valence-corrected chi connectivity index (χ2v) is 10.3. The van der Waals surface area contributed by atoms with Gasteiger partial charge in [-0.3, -0.25) is 9.11 Å². The fourth-order valence-corrected chi connectivity index (χ4v) is 4.22. The van der Waals surface area contributed by atoms with Gasteiger partial charge in [-0.1, -0.05) is 0 Å². The smallest absolute Gasteiger partial charge is 0.397 e. The molecular formula is C14H16N4O9S3. The fraction of sp³-hybridized carbons (Fsp3) is 0.143. The Morgan fingerprint density at radius 2 is 1.47 bits per heavy atom. The molecule has 0 bridgehead atoms. The van der Waals surface area contributed by atoms with E-state index in [1.165, 1.54) is 24.3 Å². The standard InChI is InChI=1S/C14H16N4O9S3/c15-11-7-12(16)14(29(21,22)23)8-13(11)18-17-9-1-3-10(4-2-9)28(19,20)6-5-27-30(24,25)26/h1-4,7-8H,5-6,15-16H2,(H,21,22,23)(H,24,25,26). The van der Waals surface area contributed by atoms with E-state index in [2.05, 4.69) is 14.4 Å². The lowest BCUT2D eigenvalue weighted by atomic mass is 10.2. The van der Waals surface area contributed by atoms with Crippen molar-refractivity contribution in [3.05, 3.63) is 36.4 Å². The molecule has 0 saturated heterocycles. The summed E-state index contributed by atoms with van der Waals surface area (Å²) in [5.41, 5.74) is 11.0. The molecule has 16 heteroatoms. The number of nitrogens with zero attached hydrogens (tertiary/aromatic N) is 2. The second-order valence-electron chi connectivity index (χ2n) is 5.69. The fourth-order valence-electron chi connectivity index (χ4n) is 2.11. The van der Waals surface area contributed by atoms with E-state index in [1.807, 2.05) is 0 Å². The highest BCUT2D eigenvalue weighted by Crippen LogP contribution is 2.32. The molecule has 0 atom stereocenters. The average Bonchev–Trinajstić information content (AvgIpc) is 2.59. The molecular weight excluding hydrogens is 464 g/mol. The van der Waals surface area contributed by atoms with Gasteiger partial charge in [0, 0.05) is 0 Å². The van der Waals surface area contributed by atoms with Gasteiger partial charge in [-0.25, -0.2) is 12.6 Å². The van der Waals surface area contributed by atoms with Crippen LogP contribution in [0.25, 0.3) is 0 Å². The molecule has 0 fully saturated rings. The summed E-state index contributed by atoms with van der Waals surface area (Å²) in [6, 6.07) is 6.91. The van der Waals surface area contributed by atoms with Crippen molar-refractivity contribution in [2.24, 2.45) is 10.2 Å². The number of nitrogen functional groups attached to an aromatic ring is 2. The Hall–Kier alpha value is -2.63. The minimum Gasteiger partial charge on any atom is -0.398 e. The first kappa shape index (κ1) is 23.6. The van der Waals surface area contributed by atoms with E-state index in [0.29, 0.717) is 0 Å². The van der Waals surface area contributed by atoms with Crippen LogP contribution in [0.15, 0.2) is 56.4 Å². The van der Waals surface area contributed by atoms with Crippen LogP contribution in [-0.4, -0.2) is 46.7 Å². The van der Waals surface area contributed by atoms with Crippen molar-refractivity contribution >= 4 is 53.1 Å². The molecule has 0 aliphatic heterocycles. The molecule has 6 N–H and O–H groups in total. The van der Waals surface area contributed by atoms with Crippen molar-refractivity contribution in [1.82, 2.24) is 0 Å². The molecule has 2 rings (SSSR count). The molecule has 0 spiro atoms. The monoisotopic (exact) mass is 480 g/mol. The Morgan fingerprint density at radius 3 is 2.00 bits per heavy atom. The van der Waals surface area contributed by atoms with Crippen LogP contribution in [-0.2, 0) is 34.5 Å². The molecule has 164 valence electrons. The molecule has 0 saturated carbocycles. The molecule has 0 aliphatic rings. The topological polar surface area (TPSA) is 229 Å². The predicted molar refractivity (Wildman–Crippen MR) is 105 cm³/mol. The lowest BCUT2D eigenvalue weighted by Gasteiger charge is -2.06. The van der Waals surface area contributed by atoms with Gasteiger partial charge in [-0.05, 0) is 36.4 Å². The van der Waals surface area contributed by atoms with Gasteiger partial charge in [0.05, 0.1) is 34.3 Å². The van der Waals surface area contributed by atoms with Crippen LogP contribution in [0.3, 0.4) is 0 Å². The Bertz CT molecular complexity index is 1290. The quantitative estimate of drug-likeness (QED) is 0.237. The molecule has 0 unspecified atom stereocenters. The Balaban J connectivity index is 2.21. The van der Waals surface area contributed by atoms with Gasteiger partial charge in [0.25, 0.3) is 10.1 Å². The molecule has 0 amide bonds. The van der Waals surface area contributed by atoms with Gasteiger partial charge >= 0.3 is 10.4 Å². The SMILES string of the molecule is Nc1cc(N)c(S(=O)(=O)O)cc1N=Nc1ccc(S(=O)(=O)CCOS(=O)(=O)O)cc1. The van der Waals surface area contributed by atoms with Crippen molar-refractivity contribution in [1.29, 1.82) is 0 Å². The minimum absolute atomic E-state index is 0.0123. The van der Waals surface area contributed by atoms with Crippen LogP contribution in [0, 0.1) is 0 Å². The van der Waals surface area contributed by atoms with Crippen molar-refractivity contribution in [2.75, 3.05) is 23.8 Å². The average molecular weight is 481 g/mol. The Kier molecular flexibility index (Phi) is 6.80.